The zero-order chi connectivity index (χ0) is 26.8. The lowest BCUT2D eigenvalue weighted by atomic mass is 9.75. The lowest BCUT2D eigenvalue weighted by Crippen LogP contribution is -2.53. The van der Waals surface area contributed by atoms with Gasteiger partial charge in [-0.3, -0.25) is 19.2 Å². The minimum Gasteiger partial charge on any atom is -0.481 e. The Kier molecular flexibility index (Phi) is 5.90. The van der Waals surface area contributed by atoms with E-state index in [2.05, 4.69) is 5.32 Å². The number of aliphatic carboxylic acids is 1. The zero-order valence-corrected chi connectivity index (χ0v) is 21.3. The first-order valence-corrected chi connectivity index (χ1v) is 12.9. The number of nitrogens with one attached hydrogen (secondary N) is 1. The molecule has 3 aliphatic rings. The van der Waals surface area contributed by atoms with E-state index in [0.29, 0.717) is 18.4 Å². The van der Waals surface area contributed by atoms with Gasteiger partial charge in [0.15, 0.2) is 0 Å². The molecule has 0 saturated carbocycles. The van der Waals surface area contributed by atoms with Crippen LogP contribution < -0.4 is 5.32 Å². The highest BCUT2D eigenvalue weighted by Gasteiger charge is 2.71. The third-order valence-corrected chi connectivity index (χ3v) is 8.50. The van der Waals surface area contributed by atoms with Gasteiger partial charge in [-0.1, -0.05) is 77.8 Å². The molecule has 1 fully saturated rings. The summed E-state index contributed by atoms with van der Waals surface area (Å²) in [5, 5.41) is 13.8. The first-order valence-electron chi connectivity index (χ1n) is 12.1. The fourth-order valence-corrected chi connectivity index (χ4v) is 6.39. The van der Waals surface area contributed by atoms with Crippen molar-refractivity contribution in [1.29, 1.82) is 0 Å². The molecule has 0 aromatic heterocycles. The van der Waals surface area contributed by atoms with E-state index in [-0.39, 0.29) is 27.2 Å². The quantitative estimate of drug-likeness (QED) is 0.464. The summed E-state index contributed by atoms with van der Waals surface area (Å²) < 4.78 is 6.19. The van der Waals surface area contributed by atoms with Gasteiger partial charge in [-0.25, -0.2) is 0 Å². The standard InChI is InChI=1S/C29H21Cl2NO6/c30-20-10-9-16(13-21(20)31)24-22(27(35)32-17-11-14-5-1-2-6-15(14)12-17)23(28(36)37)29(38-24)25(33)18-7-3-4-8-19(18)26(29)34/h1-10,13,17,22-24H,11-12H2,(H,32,35)(H,36,37). The highest BCUT2D eigenvalue weighted by molar-refractivity contribution is 6.42. The molecule has 2 N–H and O–H groups in total. The third-order valence-electron chi connectivity index (χ3n) is 7.77. The number of ketones is 2. The van der Waals surface area contributed by atoms with Crippen LogP contribution >= 0.6 is 23.2 Å². The van der Waals surface area contributed by atoms with E-state index < -0.39 is 47.0 Å². The number of carbonyl (C=O) groups is 4. The highest BCUT2D eigenvalue weighted by Crippen LogP contribution is 2.54. The van der Waals surface area contributed by atoms with Crippen molar-refractivity contribution in [3.8, 4) is 0 Å². The van der Waals surface area contributed by atoms with Crippen LogP contribution in [0.1, 0.15) is 43.5 Å². The van der Waals surface area contributed by atoms with Crippen LogP contribution in [0.3, 0.4) is 0 Å². The average Bonchev–Trinajstić information content (AvgIpc) is 3.54. The monoisotopic (exact) mass is 549 g/mol. The molecule has 0 radical (unpaired) electrons. The molecule has 192 valence electrons. The Morgan fingerprint density at radius 3 is 2.00 bits per heavy atom. The Morgan fingerprint density at radius 1 is 0.868 bits per heavy atom. The molecule has 3 unspecified atom stereocenters. The van der Waals surface area contributed by atoms with Crippen LogP contribution in [0.4, 0.5) is 0 Å². The van der Waals surface area contributed by atoms with Gasteiger partial charge in [-0.2, -0.15) is 0 Å². The van der Waals surface area contributed by atoms with E-state index in [4.69, 9.17) is 27.9 Å². The van der Waals surface area contributed by atoms with Crippen LogP contribution in [0, 0.1) is 11.8 Å². The molecule has 1 amide bonds. The predicted molar refractivity (Wildman–Crippen MR) is 139 cm³/mol. The van der Waals surface area contributed by atoms with Crippen LogP contribution in [-0.2, 0) is 27.2 Å². The lowest BCUT2D eigenvalue weighted by molar-refractivity contribution is -0.148. The second kappa shape index (κ2) is 9.05. The van der Waals surface area contributed by atoms with E-state index in [1.807, 2.05) is 24.3 Å². The van der Waals surface area contributed by atoms with Crippen molar-refractivity contribution in [3.05, 3.63) is 105 Å². The van der Waals surface area contributed by atoms with E-state index >= 15 is 0 Å². The molecule has 3 aromatic carbocycles. The molecule has 3 atom stereocenters. The summed E-state index contributed by atoms with van der Waals surface area (Å²) in [6.07, 6.45) is -0.0741. The van der Waals surface area contributed by atoms with Crippen LogP contribution in [-0.4, -0.2) is 40.2 Å². The highest BCUT2D eigenvalue weighted by atomic mass is 35.5. The zero-order valence-electron chi connectivity index (χ0n) is 19.8. The second-order valence-electron chi connectivity index (χ2n) is 9.88. The normalized spacial score (nSPS) is 23.5. The van der Waals surface area contributed by atoms with Crippen LogP contribution in [0.5, 0.6) is 0 Å². The number of hydrogen-bond acceptors (Lipinski definition) is 5. The number of fused-ring (bicyclic) bond motifs is 2. The number of halogens is 2. The molecule has 2 aliphatic carbocycles. The molecule has 1 heterocycles. The average molecular weight is 550 g/mol. The van der Waals surface area contributed by atoms with E-state index in [9.17, 15) is 24.3 Å². The maximum Gasteiger partial charge on any atom is 0.311 e. The van der Waals surface area contributed by atoms with Crippen molar-refractivity contribution >= 4 is 46.6 Å². The summed E-state index contributed by atoms with van der Waals surface area (Å²) in [6, 6.07) is 18.2. The van der Waals surface area contributed by atoms with Crippen LogP contribution in [0.15, 0.2) is 66.7 Å². The molecule has 6 rings (SSSR count). The van der Waals surface area contributed by atoms with Gasteiger partial charge in [0.2, 0.25) is 23.1 Å². The minimum atomic E-state index is -2.38. The number of carbonyl (C=O) groups excluding carboxylic acids is 3. The van der Waals surface area contributed by atoms with Gasteiger partial charge in [-0.15, -0.1) is 0 Å². The van der Waals surface area contributed by atoms with Crippen molar-refractivity contribution in [2.24, 2.45) is 11.8 Å². The summed E-state index contributed by atoms with van der Waals surface area (Å²) in [7, 11) is 0. The fraction of sp³-hybridized carbons (Fsp3) is 0.241. The molecular formula is C29H21Cl2NO6. The molecule has 38 heavy (non-hydrogen) atoms. The Hall–Kier alpha value is -3.52. The Labute approximate surface area is 227 Å². The SMILES string of the molecule is O=C(NC1Cc2ccccc2C1)C1C(c2ccc(Cl)c(Cl)c2)OC2(C(=O)c3ccccc3C2=O)C1C(=O)O. The van der Waals surface area contributed by atoms with Gasteiger partial charge in [0.05, 0.1) is 22.1 Å². The topological polar surface area (TPSA) is 110 Å². The Bertz CT molecular complexity index is 1470. The van der Waals surface area contributed by atoms with Gasteiger partial charge in [-0.05, 0) is 41.7 Å². The number of rotatable bonds is 4. The van der Waals surface area contributed by atoms with E-state index in [0.717, 1.165) is 11.1 Å². The first-order chi connectivity index (χ1) is 18.2. The first kappa shape index (κ1) is 24.8. The maximum absolute atomic E-state index is 13.9. The largest absolute Gasteiger partial charge is 0.481 e. The number of ether oxygens (including phenoxy) is 1. The van der Waals surface area contributed by atoms with Gasteiger partial charge >= 0.3 is 5.97 Å². The minimum absolute atomic E-state index is 0.0731. The predicted octanol–water partition coefficient (Wildman–Crippen LogP) is 4.48. The van der Waals surface area contributed by atoms with Crippen molar-refractivity contribution in [2.45, 2.75) is 30.6 Å². The van der Waals surface area contributed by atoms with Crippen molar-refractivity contribution in [3.63, 3.8) is 0 Å². The number of hydrogen-bond donors (Lipinski definition) is 2. The van der Waals surface area contributed by atoms with Crippen molar-refractivity contribution in [2.75, 3.05) is 0 Å². The van der Waals surface area contributed by atoms with Crippen LogP contribution in [0.2, 0.25) is 10.0 Å². The summed E-state index contributed by atoms with van der Waals surface area (Å²) in [4.78, 5) is 54.1. The Morgan fingerprint density at radius 2 is 1.45 bits per heavy atom. The molecule has 1 aliphatic heterocycles. The summed E-state index contributed by atoms with van der Waals surface area (Å²) in [5.41, 5.74) is 0.308. The summed E-state index contributed by atoms with van der Waals surface area (Å²) in [5.74, 6) is -6.77. The van der Waals surface area contributed by atoms with Gasteiger partial charge in [0, 0.05) is 17.2 Å². The van der Waals surface area contributed by atoms with E-state index in [1.54, 1.807) is 18.2 Å². The molecule has 9 heteroatoms. The number of carboxylic acid groups (broad SMARTS) is 1. The van der Waals surface area contributed by atoms with Crippen molar-refractivity contribution in [1.82, 2.24) is 5.32 Å². The smallest absolute Gasteiger partial charge is 0.311 e. The molecule has 1 spiro atoms. The number of Topliss-reactive ketones (excluding diaryl/α,β-unsaturated/α-hetero) is 2. The third kappa shape index (κ3) is 3.61. The number of benzene rings is 3. The summed E-state index contributed by atoms with van der Waals surface area (Å²) >= 11 is 12.3. The maximum atomic E-state index is 13.9. The second-order valence-corrected chi connectivity index (χ2v) is 10.7. The Balaban J connectivity index is 1.44. The van der Waals surface area contributed by atoms with Gasteiger partial charge in [0.1, 0.15) is 5.92 Å². The number of carboxylic acids is 1. The molecule has 7 nitrogen and oxygen atoms in total. The number of amides is 1. The van der Waals surface area contributed by atoms with Gasteiger partial charge < -0.3 is 15.2 Å². The molecule has 1 saturated heterocycles. The lowest BCUT2D eigenvalue weighted by Gasteiger charge is -2.26. The van der Waals surface area contributed by atoms with Crippen molar-refractivity contribution < 1.29 is 29.0 Å². The summed E-state index contributed by atoms with van der Waals surface area (Å²) in [6.45, 7) is 0. The molecular weight excluding hydrogens is 529 g/mol. The van der Waals surface area contributed by atoms with Gasteiger partial charge in [0.25, 0.3) is 0 Å². The van der Waals surface area contributed by atoms with Crippen LogP contribution in [0.25, 0.3) is 0 Å². The molecule has 0 bridgehead atoms. The fourth-order valence-electron chi connectivity index (χ4n) is 6.09. The molecule has 3 aromatic rings. The van der Waals surface area contributed by atoms with E-state index in [1.165, 1.54) is 24.3 Å².